The predicted molar refractivity (Wildman–Crippen MR) is 73.6 cm³/mol. The molecule has 2 bridgehead atoms. The van der Waals surface area contributed by atoms with E-state index in [1.807, 2.05) is 24.3 Å². The van der Waals surface area contributed by atoms with Crippen molar-refractivity contribution >= 4 is 22.9 Å². The van der Waals surface area contributed by atoms with Gasteiger partial charge in [0.05, 0.1) is 11.0 Å². The molecule has 19 heavy (non-hydrogen) atoms. The molecule has 4 nitrogen and oxygen atoms in total. The predicted octanol–water partition coefficient (Wildman–Crippen LogP) is 2.71. The van der Waals surface area contributed by atoms with Crippen molar-refractivity contribution in [1.29, 1.82) is 0 Å². The molecule has 2 aliphatic rings. The van der Waals surface area contributed by atoms with Crippen LogP contribution in [0, 0.1) is 17.8 Å². The van der Waals surface area contributed by atoms with Gasteiger partial charge in [-0.05, 0) is 36.8 Å². The van der Waals surface area contributed by atoms with Crippen molar-refractivity contribution in [2.75, 3.05) is 5.32 Å². The molecular weight excluding hydrogens is 238 g/mol. The Morgan fingerprint density at radius 2 is 2.16 bits per heavy atom. The fraction of sp³-hybridized carbons (Fsp3) is 0.333. The highest BCUT2D eigenvalue weighted by Crippen LogP contribution is 2.43. The van der Waals surface area contributed by atoms with E-state index in [0.717, 1.165) is 23.9 Å². The SMILES string of the molecule is O=C(Nc1nc2ccccc2[nH]1)C1CC2C=CC1C2. The van der Waals surface area contributed by atoms with Crippen molar-refractivity contribution < 1.29 is 4.79 Å². The van der Waals surface area contributed by atoms with E-state index in [0.29, 0.717) is 17.8 Å². The number of carbonyl (C=O) groups excluding carboxylic acids is 1. The fourth-order valence-electron chi connectivity index (χ4n) is 3.30. The third-order valence-corrected chi connectivity index (χ3v) is 4.25. The highest BCUT2D eigenvalue weighted by atomic mass is 16.2. The first-order valence-electron chi connectivity index (χ1n) is 6.73. The van der Waals surface area contributed by atoms with Crippen LogP contribution >= 0.6 is 0 Å². The van der Waals surface area contributed by atoms with Crippen molar-refractivity contribution in [3.8, 4) is 0 Å². The van der Waals surface area contributed by atoms with E-state index in [-0.39, 0.29) is 11.8 Å². The number of aromatic amines is 1. The van der Waals surface area contributed by atoms with E-state index < -0.39 is 0 Å². The maximum atomic E-state index is 12.3. The van der Waals surface area contributed by atoms with Gasteiger partial charge in [-0.2, -0.15) is 0 Å². The molecule has 0 saturated heterocycles. The van der Waals surface area contributed by atoms with Gasteiger partial charge in [0.2, 0.25) is 11.9 Å². The minimum Gasteiger partial charge on any atom is -0.324 e. The molecule has 1 amide bonds. The smallest absolute Gasteiger partial charge is 0.230 e. The zero-order chi connectivity index (χ0) is 12.8. The average molecular weight is 253 g/mol. The van der Waals surface area contributed by atoms with Gasteiger partial charge in [-0.1, -0.05) is 24.3 Å². The molecule has 4 rings (SSSR count). The number of hydrogen-bond acceptors (Lipinski definition) is 2. The van der Waals surface area contributed by atoms with E-state index in [2.05, 4.69) is 27.4 Å². The Balaban J connectivity index is 1.54. The molecule has 4 heteroatoms. The maximum Gasteiger partial charge on any atom is 0.230 e. The van der Waals surface area contributed by atoms with Crippen LogP contribution in [0.25, 0.3) is 11.0 Å². The summed E-state index contributed by atoms with van der Waals surface area (Å²) in [5.74, 6) is 1.79. The summed E-state index contributed by atoms with van der Waals surface area (Å²) < 4.78 is 0. The molecule has 2 aromatic rings. The fourth-order valence-corrected chi connectivity index (χ4v) is 3.30. The summed E-state index contributed by atoms with van der Waals surface area (Å²) in [4.78, 5) is 19.8. The first-order valence-corrected chi connectivity index (χ1v) is 6.73. The second-order valence-corrected chi connectivity index (χ2v) is 5.48. The van der Waals surface area contributed by atoms with Crippen LogP contribution in [-0.2, 0) is 4.79 Å². The molecule has 96 valence electrons. The normalized spacial score (nSPS) is 28.1. The van der Waals surface area contributed by atoms with Gasteiger partial charge in [0.1, 0.15) is 0 Å². The number of H-pyrrole nitrogens is 1. The Hall–Kier alpha value is -2.10. The standard InChI is InChI=1S/C15H15N3O/c19-14(11-8-9-5-6-10(11)7-9)18-15-16-12-3-1-2-4-13(12)17-15/h1-6,9-11H,7-8H2,(H2,16,17,18,19). The number of amides is 1. The monoisotopic (exact) mass is 253 g/mol. The van der Waals surface area contributed by atoms with Gasteiger partial charge >= 0.3 is 0 Å². The minimum atomic E-state index is 0.0934. The van der Waals surface area contributed by atoms with Crippen LogP contribution in [0.3, 0.4) is 0 Å². The Morgan fingerprint density at radius 1 is 1.26 bits per heavy atom. The van der Waals surface area contributed by atoms with Gasteiger partial charge in [0.25, 0.3) is 0 Å². The molecular formula is C15H15N3O. The van der Waals surface area contributed by atoms with Crippen LogP contribution in [0.15, 0.2) is 36.4 Å². The van der Waals surface area contributed by atoms with Crippen LogP contribution in [0.1, 0.15) is 12.8 Å². The number of nitrogens with zero attached hydrogens (tertiary/aromatic N) is 1. The molecule has 1 heterocycles. The molecule has 3 atom stereocenters. The molecule has 1 saturated carbocycles. The van der Waals surface area contributed by atoms with Gasteiger partial charge in [-0.15, -0.1) is 0 Å². The van der Waals surface area contributed by atoms with Crippen LogP contribution in [0.5, 0.6) is 0 Å². The lowest BCUT2D eigenvalue weighted by Gasteiger charge is -2.16. The summed E-state index contributed by atoms with van der Waals surface area (Å²) in [6.07, 6.45) is 6.55. The van der Waals surface area contributed by atoms with Gasteiger partial charge in [0, 0.05) is 5.92 Å². The number of nitrogens with one attached hydrogen (secondary N) is 2. The number of hydrogen-bond donors (Lipinski definition) is 2. The number of imidazole rings is 1. The molecule has 1 aromatic carbocycles. The van der Waals surface area contributed by atoms with Crippen molar-refractivity contribution in [1.82, 2.24) is 9.97 Å². The Labute approximate surface area is 110 Å². The van der Waals surface area contributed by atoms with Gasteiger partial charge in [-0.3, -0.25) is 10.1 Å². The van der Waals surface area contributed by atoms with Gasteiger partial charge in [0.15, 0.2) is 0 Å². The van der Waals surface area contributed by atoms with Crippen LogP contribution < -0.4 is 5.32 Å². The lowest BCUT2D eigenvalue weighted by atomic mass is 9.93. The number of allylic oxidation sites excluding steroid dienone is 2. The Kier molecular flexibility index (Phi) is 2.24. The number of para-hydroxylation sites is 2. The first kappa shape index (κ1) is 10.8. The van der Waals surface area contributed by atoms with Crippen molar-refractivity contribution in [2.24, 2.45) is 17.8 Å². The zero-order valence-corrected chi connectivity index (χ0v) is 10.5. The van der Waals surface area contributed by atoms with E-state index in [9.17, 15) is 4.79 Å². The van der Waals surface area contributed by atoms with Crippen molar-refractivity contribution in [2.45, 2.75) is 12.8 Å². The van der Waals surface area contributed by atoms with Crippen molar-refractivity contribution in [3.05, 3.63) is 36.4 Å². The third kappa shape index (κ3) is 1.75. The highest BCUT2D eigenvalue weighted by Gasteiger charge is 2.39. The number of fused-ring (bicyclic) bond motifs is 3. The number of anilines is 1. The number of rotatable bonds is 2. The summed E-state index contributed by atoms with van der Waals surface area (Å²) in [5.41, 5.74) is 1.83. The number of aromatic nitrogens is 2. The summed E-state index contributed by atoms with van der Waals surface area (Å²) in [7, 11) is 0. The van der Waals surface area contributed by atoms with Crippen LogP contribution in [-0.4, -0.2) is 15.9 Å². The van der Waals surface area contributed by atoms with E-state index >= 15 is 0 Å². The molecule has 1 fully saturated rings. The zero-order valence-electron chi connectivity index (χ0n) is 10.5. The second-order valence-electron chi connectivity index (χ2n) is 5.48. The van der Waals surface area contributed by atoms with Crippen molar-refractivity contribution in [3.63, 3.8) is 0 Å². The third-order valence-electron chi connectivity index (χ3n) is 4.25. The molecule has 1 aromatic heterocycles. The molecule has 0 aliphatic heterocycles. The van der Waals surface area contributed by atoms with E-state index in [1.54, 1.807) is 0 Å². The number of benzene rings is 1. The quantitative estimate of drug-likeness (QED) is 0.808. The molecule has 0 spiro atoms. The summed E-state index contributed by atoms with van der Waals surface area (Å²) in [6, 6.07) is 7.78. The van der Waals surface area contributed by atoms with E-state index in [4.69, 9.17) is 0 Å². The lowest BCUT2D eigenvalue weighted by Crippen LogP contribution is -2.26. The molecule has 0 radical (unpaired) electrons. The maximum absolute atomic E-state index is 12.3. The summed E-state index contributed by atoms with van der Waals surface area (Å²) in [6.45, 7) is 0. The van der Waals surface area contributed by atoms with Crippen LogP contribution in [0.4, 0.5) is 5.95 Å². The molecule has 2 aliphatic carbocycles. The first-order chi connectivity index (χ1) is 9.29. The molecule has 3 unspecified atom stereocenters. The van der Waals surface area contributed by atoms with E-state index in [1.165, 1.54) is 0 Å². The topological polar surface area (TPSA) is 57.8 Å². The Bertz CT molecular complexity index is 640. The van der Waals surface area contributed by atoms with Gasteiger partial charge < -0.3 is 4.98 Å². The van der Waals surface area contributed by atoms with Crippen LogP contribution in [0.2, 0.25) is 0 Å². The lowest BCUT2D eigenvalue weighted by molar-refractivity contribution is -0.120. The summed E-state index contributed by atoms with van der Waals surface area (Å²) in [5, 5.41) is 2.92. The second kappa shape index (κ2) is 3.95. The average Bonchev–Trinajstić information content (AvgIpc) is 3.12. The largest absolute Gasteiger partial charge is 0.324 e. The summed E-state index contributed by atoms with van der Waals surface area (Å²) >= 11 is 0. The highest BCUT2D eigenvalue weighted by molar-refractivity contribution is 5.93. The Morgan fingerprint density at radius 3 is 2.89 bits per heavy atom. The molecule has 2 N–H and O–H groups in total. The number of carbonyl (C=O) groups is 1. The van der Waals surface area contributed by atoms with Gasteiger partial charge in [-0.25, -0.2) is 4.98 Å². The minimum absolute atomic E-state index is 0.0934.